The molecule has 0 nitrogen and oxygen atoms in total. The number of benzene rings is 1. The van der Waals surface area contributed by atoms with Gasteiger partial charge in [0.1, 0.15) is 0 Å². The fourth-order valence-corrected chi connectivity index (χ4v) is 2.06. The Morgan fingerprint density at radius 3 is 2.44 bits per heavy atom. The zero-order valence-electron chi connectivity index (χ0n) is 10.2. The van der Waals surface area contributed by atoms with Gasteiger partial charge in [-0.3, -0.25) is 0 Å². The third kappa shape index (κ3) is 4.40. The number of allylic oxidation sites excluding steroid dienone is 2. The van der Waals surface area contributed by atoms with E-state index in [-0.39, 0.29) is 0 Å². The molecule has 0 radical (unpaired) electrons. The van der Waals surface area contributed by atoms with Crippen LogP contribution in [-0.2, 0) is 0 Å². The summed E-state index contributed by atoms with van der Waals surface area (Å²) in [5.74, 6) is 0.550. The quantitative estimate of drug-likeness (QED) is 0.447. The largest absolute Gasteiger partial charge is 0.0910 e. The van der Waals surface area contributed by atoms with Crippen LogP contribution in [0.15, 0.2) is 36.4 Å². The molecule has 0 fully saturated rings. The molecule has 1 rings (SSSR count). The Labute approximate surface area is 104 Å². The van der Waals surface area contributed by atoms with E-state index >= 15 is 0 Å². The van der Waals surface area contributed by atoms with Crippen molar-refractivity contribution in [3.63, 3.8) is 0 Å². The molecule has 0 aromatic heterocycles. The summed E-state index contributed by atoms with van der Waals surface area (Å²) in [6.07, 6.45) is 9.57. The molecule has 1 aromatic carbocycles. The molecule has 1 unspecified atom stereocenters. The summed E-state index contributed by atoms with van der Waals surface area (Å²) < 4.78 is 0. The fraction of sp³-hybridized carbons (Fsp3) is 0.467. The van der Waals surface area contributed by atoms with E-state index in [1.807, 2.05) is 12.1 Å². The lowest BCUT2D eigenvalue weighted by atomic mass is 9.93. The lowest BCUT2D eigenvalue weighted by Gasteiger charge is -2.13. The van der Waals surface area contributed by atoms with Crippen LogP contribution in [0.25, 0.3) is 0 Å². The first kappa shape index (κ1) is 13.3. The molecule has 0 aliphatic heterocycles. The summed E-state index contributed by atoms with van der Waals surface area (Å²) in [4.78, 5) is 0. The van der Waals surface area contributed by atoms with Gasteiger partial charge >= 0.3 is 0 Å². The van der Waals surface area contributed by atoms with Gasteiger partial charge in [0.25, 0.3) is 0 Å². The first-order valence-corrected chi connectivity index (χ1v) is 6.54. The maximum atomic E-state index is 5.90. The second-order valence-corrected chi connectivity index (χ2v) is 4.62. The highest BCUT2D eigenvalue weighted by Crippen LogP contribution is 2.25. The van der Waals surface area contributed by atoms with E-state index in [9.17, 15) is 0 Å². The van der Waals surface area contributed by atoms with Gasteiger partial charge in [-0.25, -0.2) is 0 Å². The van der Waals surface area contributed by atoms with Crippen molar-refractivity contribution in [3.05, 3.63) is 47.0 Å². The minimum atomic E-state index is 0.550. The van der Waals surface area contributed by atoms with Gasteiger partial charge in [-0.15, -0.1) is 0 Å². The molecule has 0 bridgehead atoms. The molecule has 0 N–H and O–H groups in total. The fourth-order valence-electron chi connectivity index (χ4n) is 1.93. The first-order valence-electron chi connectivity index (χ1n) is 6.16. The molecule has 88 valence electrons. The van der Waals surface area contributed by atoms with Crippen molar-refractivity contribution in [2.45, 2.75) is 45.4 Å². The number of hydrogen-bond donors (Lipinski definition) is 0. The van der Waals surface area contributed by atoms with Crippen LogP contribution >= 0.6 is 11.6 Å². The Hall–Kier alpha value is -0.750. The monoisotopic (exact) mass is 236 g/mol. The highest BCUT2D eigenvalue weighted by Gasteiger charge is 2.06. The van der Waals surface area contributed by atoms with Crippen molar-refractivity contribution < 1.29 is 0 Å². The van der Waals surface area contributed by atoms with Gasteiger partial charge in [0.05, 0.1) is 0 Å². The van der Waals surface area contributed by atoms with Crippen LogP contribution in [0.4, 0.5) is 0 Å². The number of rotatable bonds is 6. The molecule has 0 amide bonds. The molecular formula is C15H21Cl. The first-order chi connectivity index (χ1) is 7.77. The van der Waals surface area contributed by atoms with Crippen molar-refractivity contribution in [1.29, 1.82) is 0 Å². The van der Waals surface area contributed by atoms with Gasteiger partial charge in [-0.05, 0) is 31.0 Å². The second-order valence-electron chi connectivity index (χ2n) is 4.18. The van der Waals surface area contributed by atoms with Crippen LogP contribution in [0.2, 0.25) is 5.02 Å². The van der Waals surface area contributed by atoms with Crippen LogP contribution in [0.1, 0.15) is 51.0 Å². The van der Waals surface area contributed by atoms with Crippen LogP contribution in [0.3, 0.4) is 0 Å². The van der Waals surface area contributed by atoms with E-state index in [2.05, 4.69) is 38.1 Å². The maximum Gasteiger partial charge on any atom is 0.0406 e. The Morgan fingerprint density at radius 1 is 1.19 bits per heavy atom. The zero-order chi connectivity index (χ0) is 11.8. The Kier molecular flexibility index (Phi) is 6.25. The van der Waals surface area contributed by atoms with E-state index in [0.717, 1.165) is 5.02 Å². The maximum absolute atomic E-state index is 5.90. The van der Waals surface area contributed by atoms with Gasteiger partial charge in [-0.1, -0.05) is 62.1 Å². The van der Waals surface area contributed by atoms with Gasteiger partial charge in [0.15, 0.2) is 0 Å². The highest BCUT2D eigenvalue weighted by molar-refractivity contribution is 6.30. The number of halogens is 1. The minimum Gasteiger partial charge on any atom is -0.0910 e. The van der Waals surface area contributed by atoms with Gasteiger partial charge in [0.2, 0.25) is 0 Å². The molecule has 0 aliphatic rings. The van der Waals surface area contributed by atoms with E-state index < -0.39 is 0 Å². The van der Waals surface area contributed by atoms with Crippen molar-refractivity contribution in [2.24, 2.45) is 0 Å². The summed E-state index contributed by atoms with van der Waals surface area (Å²) in [6.45, 7) is 4.33. The third-order valence-corrected chi connectivity index (χ3v) is 3.09. The molecule has 0 heterocycles. The van der Waals surface area contributed by atoms with Crippen LogP contribution in [-0.4, -0.2) is 0 Å². The Morgan fingerprint density at radius 2 is 1.88 bits per heavy atom. The predicted octanol–water partition coefficient (Wildman–Crippen LogP) is 5.58. The molecular weight excluding hydrogens is 216 g/mol. The summed E-state index contributed by atoms with van der Waals surface area (Å²) in [5, 5.41) is 0.816. The van der Waals surface area contributed by atoms with E-state index in [1.54, 1.807) is 0 Å². The summed E-state index contributed by atoms with van der Waals surface area (Å²) in [5.41, 5.74) is 1.37. The SMILES string of the molecule is CC=CC(CCCCC)c1ccc(Cl)cc1. The normalized spacial score (nSPS) is 13.2. The van der Waals surface area contributed by atoms with E-state index in [1.165, 1.54) is 31.2 Å². The summed E-state index contributed by atoms with van der Waals surface area (Å²) in [7, 11) is 0. The third-order valence-electron chi connectivity index (χ3n) is 2.84. The molecule has 1 heteroatoms. The summed E-state index contributed by atoms with van der Waals surface area (Å²) >= 11 is 5.90. The second kappa shape index (κ2) is 7.51. The lowest BCUT2D eigenvalue weighted by Crippen LogP contribution is -1.95. The Bertz CT molecular complexity index is 311. The number of unbranched alkanes of at least 4 members (excludes halogenated alkanes) is 2. The van der Waals surface area contributed by atoms with Crippen molar-refractivity contribution in [3.8, 4) is 0 Å². The molecule has 0 saturated carbocycles. The molecule has 0 saturated heterocycles. The highest BCUT2D eigenvalue weighted by atomic mass is 35.5. The molecule has 1 aromatic rings. The zero-order valence-corrected chi connectivity index (χ0v) is 11.0. The average molecular weight is 237 g/mol. The van der Waals surface area contributed by atoms with Crippen molar-refractivity contribution >= 4 is 11.6 Å². The van der Waals surface area contributed by atoms with Gasteiger partial charge < -0.3 is 0 Å². The smallest absolute Gasteiger partial charge is 0.0406 e. The van der Waals surface area contributed by atoms with E-state index in [0.29, 0.717) is 5.92 Å². The molecule has 1 atom stereocenters. The van der Waals surface area contributed by atoms with E-state index in [4.69, 9.17) is 11.6 Å². The van der Waals surface area contributed by atoms with Crippen molar-refractivity contribution in [1.82, 2.24) is 0 Å². The van der Waals surface area contributed by atoms with Crippen molar-refractivity contribution in [2.75, 3.05) is 0 Å². The predicted molar refractivity (Wildman–Crippen MR) is 73.1 cm³/mol. The van der Waals surface area contributed by atoms with Crippen LogP contribution < -0.4 is 0 Å². The van der Waals surface area contributed by atoms with Crippen LogP contribution in [0, 0.1) is 0 Å². The standard InChI is InChI=1S/C15H21Cl/c1-3-5-6-8-13(7-4-2)14-9-11-15(16)12-10-14/h4,7,9-13H,3,5-6,8H2,1-2H3. The Balaban J connectivity index is 2.65. The van der Waals surface area contributed by atoms with Crippen LogP contribution in [0.5, 0.6) is 0 Å². The average Bonchev–Trinajstić information content (AvgIpc) is 2.29. The minimum absolute atomic E-state index is 0.550. The molecule has 0 spiro atoms. The molecule has 16 heavy (non-hydrogen) atoms. The summed E-state index contributed by atoms with van der Waals surface area (Å²) in [6, 6.07) is 8.23. The number of hydrogen-bond acceptors (Lipinski definition) is 0. The topological polar surface area (TPSA) is 0 Å². The van der Waals surface area contributed by atoms with Gasteiger partial charge in [-0.2, -0.15) is 0 Å². The lowest BCUT2D eigenvalue weighted by molar-refractivity contribution is 0.628. The van der Waals surface area contributed by atoms with Gasteiger partial charge in [0, 0.05) is 10.9 Å². The molecule has 0 aliphatic carbocycles.